The van der Waals surface area contributed by atoms with Crippen molar-refractivity contribution in [3.63, 3.8) is 0 Å². The fourth-order valence-corrected chi connectivity index (χ4v) is 3.41. The summed E-state index contributed by atoms with van der Waals surface area (Å²) in [5, 5.41) is 23.8. The Morgan fingerprint density at radius 3 is 2.66 bits per heavy atom. The van der Waals surface area contributed by atoms with Gasteiger partial charge in [-0.15, -0.1) is 0 Å². The zero-order valence-electron chi connectivity index (χ0n) is 15.4. The second-order valence-corrected chi connectivity index (χ2v) is 6.77. The number of ether oxygens (including phenoxy) is 1. The van der Waals surface area contributed by atoms with E-state index in [-0.39, 0.29) is 6.54 Å². The first-order chi connectivity index (χ1) is 14.0. The summed E-state index contributed by atoms with van der Waals surface area (Å²) < 4.78 is 8.76. The highest BCUT2D eigenvalue weighted by molar-refractivity contribution is 5.32. The average molecular weight is 399 g/mol. The van der Waals surface area contributed by atoms with Crippen LogP contribution in [-0.2, 0) is 11.3 Å². The molecule has 4 atom stereocenters. The Balaban J connectivity index is 1.40. The lowest BCUT2D eigenvalue weighted by atomic mass is 10.1. The van der Waals surface area contributed by atoms with Crippen molar-refractivity contribution >= 4 is 0 Å². The van der Waals surface area contributed by atoms with Gasteiger partial charge in [0.2, 0.25) is 0 Å². The van der Waals surface area contributed by atoms with Gasteiger partial charge in [-0.1, -0.05) is 0 Å². The van der Waals surface area contributed by atoms with E-state index in [1.54, 1.807) is 12.4 Å². The van der Waals surface area contributed by atoms with Gasteiger partial charge in [-0.25, -0.2) is 4.79 Å². The second kappa shape index (κ2) is 8.13. The Bertz CT molecular complexity index is 1080. The maximum atomic E-state index is 11.9. The SMILES string of the molecule is O=c1ccn([C@@H]2O[C@H](CNCc3cccn3-c3ccncc3)[C@@H](O)[C@H]2O)c(=O)[nH]1. The molecule has 1 aliphatic rings. The van der Waals surface area contributed by atoms with Crippen LogP contribution in [0.25, 0.3) is 5.69 Å². The summed E-state index contributed by atoms with van der Waals surface area (Å²) in [4.78, 5) is 29.3. The molecule has 0 aliphatic carbocycles. The van der Waals surface area contributed by atoms with Gasteiger partial charge in [-0.3, -0.25) is 19.3 Å². The molecule has 0 unspecified atom stereocenters. The number of hydrogen-bond donors (Lipinski definition) is 4. The highest BCUT2D eigenvalue weighted by Gasteiger charge is 2.43. The van der Waals surface area contributed by atoms with Gasteiger partial charge < -0.3 is 24.8 Å². The lowest BCUT2D eigenvalue weighted by Crippen LogP contribution is -2.38. The van der Waals surface area contributed by atoms with Crippen LogP contribution in [0.15, 0.2) is 64.7 Å². The zero-order chi connectivity index (χ0) is 20.4. The molecule has 4 rings (SSSR count). The van der Waals surface area contributed by atoms with E-state index in [4.69, 9.17) is 4.74 Å². The van der Waals surface area contributed by atoms with Gasteiger partial charge in [-0.2, -0.15) is 0 Å². The van der Waals surface area contributed by atoms with E-state index in [0.717, 1.165) is 22.0 Å². The molecule has 0 saturated carbocycles. The third-order valence-corrected chi connectivity index (χ3v) is 4.89. The van der Waals surface area contributed by atoms with Gasteiger partial charge in [0.25, 0.3) is 5.56 Å². The highest BCUT2D eigenvalue weighted by Crippen LogP contribution is 2.27. The van der Waals surface area contributed by atoms with Crippen molar-refractivity contribution in [2.75, 3.05) is 6.54 Å². The summed E-state index contributed by atoms with van der Waals surface area (Å²) in [6.07, 6.45) is 2.32. The van der Waals surface area contributed by atoms with Crippen LogP contribution < -0.4 is 16.6 Å². The molecule has 4 N–H and O–H groups in total. The Labute approximate surface area is 165 Å². The second-order valence-electron chi connectivity index (χ2n) is 6.77. The number of nitrogens with zero attached hydrogens (tertiary/aromatic N) is 3. The summed E-state index contributed by atoms with van der Waals surface area (Å²) >= 11 is 0. The summed E-state index contributed by atoms with van der Waals surface area (Å²) in [5.41, 5.74) is 0.719. The monoisotopic (exact) mass is 399 g/mol. The van der Waals surface area contributed by atoms with Crippen molar-refractivity contribution in [3.8, 4) is 5.69 Å². The Morgan fingerprint density at radius 1 is 1.10 bits per heavy atom. The molecular formula is C19H21N5O5. The van der Waals surface area contributed by atoms with Crippen LogP contribution in [0.1, 0.15) is 11.9 Å². The maximum Gasteiger partial charge on any atom is 0.330 e. The van der Waals surface area contributed by atoms with Gasteiger partial charge in [0.05, 0.1) is 0 Å². The number of H-pyrrole nitrogens is 1. The number of pyridine rings is 1. The van der Waals surface area contributed by atoms with Gasteiger partial charge in [0, 0.05) is 55.3 Å². The van der Waals surface area contributed by atoms with E-state index in [1.165, 1.54) is 6.20 Å². The molecule has 0 aromatic carbocycles. The van der Waals surface area contributed by atoms with E-state index in [1.807, 2.05) is 35.0 Å². The minimum atomic E-state index is -1.30. The summed E-state index contributed by atoms with van der Waals surface area (Å²) in [6, 6.07) is 8.85. The van der Waals surface area contributed by atoms with Gasteiger partial charge in [-0.05, 0) is 24.3 Å². The van der Waals surface area contributed by atoms with Crippen molar-refractivity contribution in [1.29, 1.82) is 0 Å². The van der Waals surface area contributed by atoms with Crippen LogP contribution in [0.2, 0.25) is 0 Å². The molecule has 10 nitrogen and oxygen atoms in total. The number of nitrogens with one attached hydrogen (secondary N) is 2. The fraction of sp³-hybridized carbons (Fsp3) is 0.316. The van der Waals surface area contributed by atoms with Gasteiger partial charge >= 0.3 is 5.69 Å². The van der Waals surface area contributed by atoms with Gasteiger partial charge in [0.1, 0.15) is 18.3 Å². The molecule has 0 radical (unpaired) electrons. The number of aliphatic hydroxyl groups is 2. The molecular weight excluding hydrogens is 378 g/mol. The lowest BCUT2D eigenvalue weighted by Gasteiger charge is -2.17. The lowest BCUT2D eigenvalue weighted by molar-refractivity contribution is -0.0392. The normalized spacial score (nSPS) is 24.1. The Morgan fingerprint density at radius 2 is 1.90 bits per heavy atom. The molecule has 0 bridgehead atoms. The molecule has 0 spiro atoms. The van der Waals surface area contributed by atoms with Crippen molar-refractivity contribution in [2.45, 2.75) is 31.1 Å². The minimum absolute atomic E-state index is 0.258. The van der Waals surface area contributed by atoms with E-state index >= 15 is 0 Å². The summed E-state index contributed by atoms with van der Waals surface area (Å²) in [5.74, 6) is 0. The van der Waals surface area contributed by atoms with Crippen LogP contribution in [0.5, 0.6) is 0 Å². The molecule has 152 valence electrons. The van der Waals surface area contributed by atoms with Crippen LogP contribution in [0.3, 0.4) is 0 Å². The Hall–Kier alpha value is -3.05. The standard InChI is InChI=1S/C19H21N5O5/c25-15-5-9-24(19(28)22-15)18-17(27)16(26)14(29-18)11-21-10-13-2-1-8-23(13)12-3-6-20-7-4-12/h1-9,14,16-18,21,26-27H,10-11H2,(H,22,25,28)/t14-,16-,17-,18-/m1/s1. The first-order valence-electron chi connectivity index (χ1n) is 9.15. The molecule has 0 amide bonds. The van der Waals surface area contributed by atoms with Gasteiger partial charge in [0.15, 0.2) is 6.23 Å². The number of hydrogen-bond acceptors (Lipinski definition) is 7. The average Bonchev–Trinajstić information content (AvgIpc) is 3.29. The molecule has 1 aliphatic heterocycles. The minimum Gasteiger partial charge on any atom is -0.387 e. The number of rotatable bonds is 6. The number of aromatic amines is 1. The first-order valence-corrected chi connectivity index (χ1v) is 9.15. The van der Waals surface area contributed by atoms with Crippen molar-refractivity contribution < 1.29 is 14.9 Å². The predicted octanol–water partition coefficient (Wildman–Crippen LogP) is -0.869. The zero-order valence-corrected chi connectivity index (χ0v) is 15.4. The molecule has 4 heterocycles. The van der Waals surface area contributed by atoms with Crippen molar-refractivity contribution in [3.05, 3.63) is 81.7 Å². The Kier molecular flexibility index (Phi) is 5.41. The topological polar surface area (TPSA) is 134 Å². The fourth-order valence-electron chi connectivity index (χ4n) is 3.41. The molecule has 10 heteroatoms. The molecule has 3 aromatic rings. The third kappa shape index (κ3) is 3.91. The quantitative estimate of drug-likeness (QED) is 0.423. The van der Waals surface area contributed by atoms with Crippen molar-refractivity contribution in [2.24, 2.45) is 0 Å². The number of aliphatic hydroxyl groups excluding tert-OH is 2. The largest absolute Gasteiger partial charge is 0.387 e. The smallest absolute Gasteiger partial charge is 0.330 e. The molecule has 29 heavy (non-hydrogen) atoms. The van der Waals surface area contributed by atoms with E-state index in [0.29, 0.717) is 6.54 Å². The first kappa shape index (κ1) is 19.3. The summed E-state index contributed by atoms with van der Waals surface area (Å²) in [6.45, 7) is 0.760. The van der Waals surface area contributed by atoms with E-state index < -0.39 is 35.8 Å². The molecule has 1 saturated heterocycles. The molecule has 1 fully saturated rings. The van der Waals surface area contributed by atoms with Crippen LogP contribution in [-0.4, -0.2) is 54.2 Å². The predicted molar refractivity (Wildman–Crippen MR) is 103 cm³/mol. The van der Waals surface area contributed by atoms with E-state index in [2.05, 4.69) is 15.3 Å². The molecule has 3 aromatic heterocycles. The summed E-state index contributed by atoms with van der Waals surface area (Å²) in [7, 11) is 0. The van der Waals surface area contributed by atoms with Crippen LogP contribution in [0, 0.1) is 0 Å². The highest BCUT2D eigenvalue weighted by atomic mass is 16.6. The van der Waals surface area contributed by atoms with E-state index in [9.17, 15) is 19.8 Å². The maximum absolute atomic E-state index is 11.9. The number of aromatic nitrogens is 4. The van der Waals surface area contributed by atoms with Crippen LogP contribution in [0.4, 0.5) is 0 Å². The van der Waals surface area contributed by atoms with Crippen molar-refractivity contribution in [1.82, 2.24) is 24.4 Å². The third-order valence-electron chi connectivity index (χ3n) is 4.89. The van der Waals surface area contributed by atoms with Crippen LogP contribution >= 0.6 is 0 Å².